The number of ether oxygens (including phenoxy) is 4. The van der Waals surface area contributed by atoms with Gasteiger partial charge in [-0.1, -0.05) is 48.7 Å². The number of hydrogen-bond donors (Lipinski definition) is 0. The topological polar surface area (TPSA) is 88.1 Å². The zero-order valence-corrected chi connectivity index (χ0v) is 19.7. The van der Waals surface area contributed by atoms with Crippen molar-refractivity contribution in [3.63, 3.8) is 0 Å². The van der Waals surface area contributed by atoms with E-state index in [0.717, 1.165) is 6.42 Å². The molecule has 0 saturated heterocycles. The molecule has 8 heteroatoms. The predicted molar refractivity (Wildman–Crippen MR) is 120 cm³/mol. The van der Waals surface area contributed by atoms with E-state index in [-0.39, 0.29) is 23.7 Å². The molecule has 0 fully saturated rings. The quantitative estimate of drug-likeness (QED) is 0.229. The zero-order valence-electron chi connectivity index (χ0n) is 18.5. The van der Waals surface area contributed by atoms with Crippen LogP contribution in [0.1, 0.15) is 42.1 Å². The van der Waals surface area contributed by atoms with Crippen LogP contribution < -0.4 is 14.2 Å². The van der Waals surface area contributed by atoms with Gasteiger partial charge in [-0.3, -0.25) is 9.59 Å². The Labute approximate surface area is 185 Å². The van der Waals surface area contributed by atoms with E-state index in [1.165, 1.54) is 30.4 Å². The average molecular weight is 449 g/mol. The van der Waals surface area contributed by atoms with Gasteiger partial charge in [-0.05, 0) is 17.9 Å². The summed E-state index contributed by atoms with van der Waals surface area (Å²) in [6, 6.07) is 12.0. The van der Waals surface area contributed by atoms with Crippen molar-refractivity contribution in [3.05, 3.63) is 53.6 Å². The van der Waals surface area contributed by atoms with Gasteiger partial charge in [-0.25, -0.2) is 0 Å². The smallest absolute Gasteiger partial charge is 0.321 e. The molecule has 0 aliphatic rings. The third kappa shape index (κ3) is 7.07. The van der Waals surface area contributed by atoms with Crippen molar-refractivity contribution in [1.29, 1.82) is 0 Å². The molecule has 7 nitrogen and oxygen atoms in total. The first-order valence-corrected chi connectivity index (χ1v) is 10.2. The fourth-order valence-electron chi connectivity index (χ4n) is 2.91. The summed E-state index contributed by atoms with van der Waals surface area (Å²) in [6.07, 6.45) is 0.719. The van der Waals surface area contributed by atoms with E-state index >= 15 is 0 Å². The van der Waals surface area contributed by atoms with Crippen LogP contribution in [0.5, 0.6) is 17.2 Å². The Morgan fingerprint density at radius 1 is 0.903 bits per heavy atom. The number of rotatable bonds is 10. The first kappa shape index (κ1) is 26.1. The van der Waals surface area contributed by atoms with Crippen molar-refractivity contribution in [3.8, 4) is 17.2 Å². The normalized spacial score (nSPS) is 11.0. The highest BCUT2D eigenvalue weighted by molar-refractivity contribution is 7.00. The fourth-order valence-corrected chi connectivity index (χ4v) is 2.91. The summed E-state index contributed by atoms with van der Waals surface area (Å²) in [7, 11) is 5.57. The number of benzene rings is 2. The van der Waals surface area contributed by atoms with Gasteiger partial charge in [0.05, 0.1) is 27.9 Å². The molecule has 31 heavy (non-hydrogen) atoms. The zero-order chi connectivity index (χ0) is 23.4. The van der Waals surface area contributed by atoms with Crippen molar-refractivity contribution < 1.29 is 33.1 Å². The SMILES string of the molecule is COc1cc(OC)c(C(=O)C(C(=O)OCCC(C)C)c2ccccc2)c(OC)c1.O=[PH2+]. The van der Waals surface area contributed by atoms with E-state index in [1.54, 1.807) is 36.4 Å². The maximum Gasteiger partial charge on any atom is 0.321 e. The van der Waals surface area contributed by atoms with Crippen LogP contribution in [0.2, 0.25) is 0 Å². The summed E-state index contributed by atoms with van der Waals surface area (Å²) in [5.41, 5.74) is 0.720. The van der Waals surface area contributed by atoms with Crippen LogP contribution in [0.25, 0.3) is 0 Å². The van der Waals surface area contributed by atoms with Crippen molar-refractivity contribution in [2.75, 3.05) is 27.9 Å². The maximum atomic E-state index is 13.5. The molecule has 0 aliphatic carbocycles. The minimum absolute atomic E-state index is 0.172. The van der Waals surface area contributed by atoms with Gasteiger partial charge in [0.15, 0.2) is 5.78 Å². The largest absolute Gasteiger partial charge is 0.496 e. The number of methoxy groups -OCH3 is 3. The first-order chi connectivity index (χ1) is 14.9. The standard InChI is InChI=1S/C23H28O6.H2OP/c1-15(2)11-12-29-23(25)20(16-9-7-6-8-10-16)22(24)21-18(27-4)13-17(26-3)14-19(21)28-5;1-2/h6-10,13-15,20H,11-12H2,1-5H3;2H2/q;+1. The monoisotopic (exact) mass is 449 g/mol. The van der Waals surface area contributed by atoms with Crippen LogP contribution in [0.15, 0.2) is 42.5 Å². The number of esters is 1. The lowest BCUT2D eigenvalue weighted by molar-refractivity contribution is -0.144. The van der Waals surface area contributed by atoms with E-state index in [2.05, 4.69) is 0 Å². The molecule has 2 aromatic carbocycles. The van der Waals surface area contributed by atoms with E-state index in [4.69, 9.17) is 23.5 Å². The summed E-state index contributed by atoms with van der Waals surface area (Å²) in [6.45, 7) is 4.34. The second-order valence-electron chi connectivity index (χ2n) is 6.96. The average Bonchev–Trinajstić information content (AvgIpc) is 2.79. The predicted octanol–water partition coefficient (Wildman–Crippen LogP) is 4.48. The molecule has 2 atom stereocenters. The van der Waals surface area contributed by atoms with E-state index in [1.807, 2.05) is 19.9 Å². The Morgan fingerprint density at radius 2 is 1.45 bits per heavy atom. The van der Waals surface area contributed by atoms with Crippen LogP contribution in [0, 0.1) is 5.92 Å². The lowest BCUT2D eigenvalue weighted by atomic mass is 9.89. The molecule has 168 valence electrons. The summed E-state index contributed by atoms with van der Waals surface area (Å²) < 4.78 is 29.6. The molecular formula is C23H30O7P+. The summed E-state index contributed by atoms with van der Waals surface area (Å²) >= 11 is 0. The van der Waals surface area contributed by atoms with Gasteiger partial charge in [-0.15, -0.1) is 0 Å². The molecule has 0 amide bonds. The molecule has 0 aromatic heterocycles. The lowest BCUT2D eigenvalue weighted by Crippen LogP contribution is -2.26. The number of carbonyl (C=O) groups is 2. The summed E-state index contributed by atoms with van der Waals surface area (Å²) in [4.78, 5) is 26.5. The van der Waals surface area contributed by atoms with E-state index in [9.17, 15) is 9.59 Å². The Kier molecular flexibility index (Phi) is 11.3. The Bertz CT molecular complexity index is 827. The first-order valence-electron chi connectivity index (χ1n) is 9.72. The third-order valence-corrected chi connectivity index (χ3v) is 4.53. The second kappa shape index (κ2) is 13.4. The number of hydrogen-bond acceptors (Lipinski definition) is 7. The van der Waals surface area contributed by atoms with Crippen LogP contribution in [0.4, 0.5) is 0 Å². The van der Waals surface area contributed by atoms with Crippen LogP contribution in [-0.4, -0.2) is 39.7 Å². The van der Waals surface area contributed by atoms with Crippen LogP contribution >= 0.6 is 9.12 Å². The van der Waals surface area contributed by atoms with Gasteiger partial charge in [-0.2, -0.15) is 0 Å². The maximum absolute atomic E-state index is 13.5. The molecule has 2 unspecified atom stereocenters. The molecule has 0 spiro atoms. The Balaban J connectivity index is 0.00000233. The fraction of sp³-hybridized carbons (Fsp3) is 0.391. The molecule has 0 heterocycles. The Hall–Kier alpha value is -2.92. The van der Waals surface area contributed by atoms with Gasteiger partial charge >= 0.3 is 15.1 Å². The number of ketones is 1. The highest BCUT2D eigenvalue weighted by Gasteiger charge is 2.35. The van der Waals surface area contributed by atoms with Crippen molar-refractivity contribution in [1.82, 2.24) is 0 Å². The van der Waals surface area contributed by atoms with Gasteiger partial charge in [0.2, 0.25) is 0 Å². The number of carbonyl (C=O) groups excluding carboxylic acids is 2. The highest BCUT2D eigenvalue weighted by atomic mass is 31.0. The molecule has 0 radical (unpaired) electrons. The molecule has 0 aliphatic heterocycles. The second-order valence-corrected chi connectivity index (χ2v) is 6.96. The van der Waals surface area contributed by atoms with E-state index in [0.29, 0.717) is 17.2 Å². The van der Waals surface area contributed by atoms with E-state index < -0.39 is 17.7 Å². The van der Waals surface area contributed by atoms with Gasteiger partial charge in [0.1, 0.15) is 28.7 Å². The molecule has 0 saturated carbocycles. The van der Waals surface area contributed by atoms with Crippen LogP contribution in [0.3, 0.4) is 0 Å². The van der Waals surface area contributed by atoms with Gasteiger partial charge in [0, 0.05) is 12.1 Å². The molecule has 2 rings (SSSR count). The minimum atomic E-state index is -1.13. The third-order valence-electron chi connectivity index (χ3n) is 4.53. The van der Waals surface area contributed by atoms with Gasteiger partial charge < -0.3 is 18.9 Å². The van der Waals surface area contributed by atoms with Crippen molar-refractivity contribution >= 4 is 20.9 Å². The van der Waals surface area contributed by atoms with Crippen molar-refractivity contribution in [2.24, 2.45) is 5.92 Å². The molecule has 0 bridgehead atoms. The summed E-state index contributed by atoms with van der Waals surface area (Å²) in [5.74, 6) is -0.783. The van der Waals surface area contributed by atoms with Crippen molar-refractivity contribution in [2.45, 2.75) is 26.2 Å². The van der Waals surface area contributed by atoms with Crippen LogP contribution in [-0.2, 0) is 14.1 Å². The highest BCUT2D eigenvalue weighted by Crippen LogP contribution is 2.37. The van der Waals surface area contributed by atoms with Gasteiger partial charge in [0.25, 0.3) is 0 Å². The summed E-state index contributed by atoms with van der Waals surface area (Å²) in [5, 5.41) is 0. The molecule has 0 N–H and O–H groups in total. The number of Topliss-reactive ketones (excluding diaryl/α,β-unsaturated/α-hetero) is 1. The Morgan fingerprint density at radius 3 is 1.90 bits per heavy atom. The molecular weight excluding hydrogens is 419 g/mol. The molecule has 2 aromatic rings. The minimum Gasteiger partial charge on any atom is -0.496 e. The lowest BCUT2D eigenvalue weighted by Gasteiger charge is -2.19.